The lowest BCUT2D eigenvalue weighted by atomic mass is 9.95. The normalized spacial score (nSPS) is 21.3. The van der Waals surface area contributed by atoms with Crippen LogP contribution >= 0.6 is 0 Å². The van der Waals surface area contributed by atoms with E-state index in [2.05, 4.69) is 4.90 Å². The van der Waals surface area contributed by atoms with Gasteiger partial charge in [-0.25, -0.2) is 0 Å². The molecule has 1 fully saturated rings. The van der Waals surface area contributed by atoms with E-state index < -0.39 is 11.1 Å². The van der Waals surface area contributed by atoms with E-state index in [1.54, 1.807) is 0 Å². The van der Waals surface area contributed by atoms with Crippen molar-refractivity contribution < 1.29 is 9.90 Å². The molecule has 5 heteroatoms. The van der Waals surface area contributed by atoms with Crippen LogP contribution in [0.2, 0.25) is 0 Å². The van der Waals surface area contributed by atoms with Crippen molar-refractivity contribution in [1.29, 1.82) is 0 Å². The van der Waals surface area contributed by atoms with Gasteiger partial charge in [0, 0.05) is 32.7 Å². The summed E-state index contributed by atoms with van der Waals surface area (Å²) < 4.78 is 0. The van der Waals surface area contributed by atoms with Crippen LogP contribution in [0.15, 0.2) is 0 Å². The maximum Gasteiger partial charge on any atom is 0.242 e. The third-order valence-corrected chi connectivity index (χ3v) is 3.53. The number of hydrogen-bond acceptors (Lipinski definition) is 4. The monoisotopic (exact) mass is 271 g/mol. The van der Waals surface area contributed by atoms with Gasteiger partial charge in [0.2, 0.25) is 5.91 Å². The molecule has 1 amide bonds. The molecule has 1 aliphatic rings. The summed E-state index contributed by atoms with van der Waals surface area (Å²) >= 11 is 0. The van der Waals surface area contributed by atoms with E-state index in [9.17, 15) is 9.90 Å². The molecular weight excluding hydrogens is 242 g/mol. The molecule has 3 N–H and O–H groups in total. The number of carbonyl (C=O) groups is 1. The van der Waals surface area contributed by atoms with Crippen molar-refractivity contribution in [3.05, 3.63) is 0 Å². The van der Waals surface area contributed by atoms with Gasteiger partial charge < -0.3 is 15.7 Å². The van der Waals surface area contributed by atoms with Crippen molar-refractivity contribution in [3.8, 4) is 0 Å². The van der Waals surface area contributed by atoms with Crippen LogP contribution in [0, 0.1) is 0 Å². The summed E-state index contributed by atoms with van der Waals surface area (Å²) in [5, 5.41) is 9.80. The molecule has 112 valence electrons. The van der Waals surface area contributed by atoms with E-state index in [1.807, 2.05) is 32.6 Å². The molecule has 0 aromatic heterocycles. The van der Waals surface area contributed by atoms with Gasteiger partial charge in [-0.1, -0.05) is 13.3 Å². The quantitative estimate of drug-likeness (QED) is 0.760. The fraction of sp³-hybridized carbons (Fsp3) is 0.929. The Balaban J connectivity index is 2.48. The third kappa shape index (κ3) is 5.09. The van der Waals surface area contributed by atoms with Crippen LogP contribution in [0.5, 0.6) is 0 Å². The van der Waals surface area contributed by atoms with E-state index in [-0.39, 0.29) is 5.91 Å². The lowest BCUT2D eigenvalue weighted by Crippen LogP contribution is -2.59. The van der Waals surface area contributed by atoms with Crippen LogP contribution in [0.3, 0.4) is 0 Å². The minimum absolute atomic E-state index is 0.0530. The number of hydrogen-bond donors (Lipinski definition) is 2. The zero-order valence-corrected chi connectivity index (χ0v) is 12.8. The number of nitrogens with two attached hydrogens (primary N) is 1. The van der Waals surface area contributed by atoms with E-state index in [4.69, 9.17) is 5.73 Å². The minimum atomic E-state index is -0.743. The molecule has 19 heavy (non-hydrogen) atoms. The predicted octanol–water partition coefficient (Wildman–Crippen LogP) is 0.419. The van der Waals surface area contributed by atoms with Gasteiger partial charge in [0.05, 0.1) is 11.1 Å². The number of amides is 1. The molecular formula is C14H29N3O2. The highest BCUT2D eigenvalue weighted by Crippen LogP contribution is 2.15. The molecule has 1 aliphatic heterocycles. The first-order valence-electron chi connectivity index (χ1n) is 7.19. The fourth-order valence-electron chi connectivity index (χ4n) is 2.64. The molecule has 0 saturated carbocycles. The number of piperazine rings is 1. The van der Waals surface area contributed by atoms with Crippen molar-refractivity contribution in [2.24, 2.45) is 5.73 Å². The van der Waals surface area contributed by atoms with Crippen molar-refractivity contribution in [3.63, 3.8) is 0 Å². The van der Waals surface area contributed by atoms with Gasteiger partial charge in [-0.2, -0.15) is 0 Å². The lowest BCUT2D eigenvalue weighted by Gasteiger charge is -2.40. The van der Waals surface area contributed by atoms with Gasteiger partial charge in [-0.3, -0.25) is 9.69 Å². The Bertz CT molecular complexity index is 302. The van der Waals surface area contributed by atoms with E-state index in [0.29, 0.717) is 19.6 Å². The average Bonchev–Trinajstić information content (AvgIpc) is 2.27. The van der Waals surface area contributed by atoms with Gasteiger partial charge in [0.1, 0.15) is 0 Å². The zero-order chi connectivity index (χ0) is 14.7. The molecule has 1 heterocycles. The van der Waals surface area contributed by atoms with Gasteiger partial charge >= 0.3 is 0 Å². The molecule has 1 unspecified atom stereocenters. The average molecular weight is 271 g/mol. The second kappa shape index (κ2) is 6.20. The fourth-order valence-corrected chi connectivity index (χ4v) is 2.64. The highest BCUT2D eigenvalue weighted by atomic mass is 16.3. The maximum atomic E-state index is 12.3. The molecule has 0 aromatic rings. The summed E-state index contributed by atoms with van der Waals surface area (Å²) in [6.07, 6.45) is 1.63. The number of carbonyl (C=O) groups excluding carboxylic acids is 1. The number of aliphatic hydroxyl groups is 1. The maximum absolute atomic E-state index is 12.3. The van der Waals surface area contributed by atoms with E-state index >= 15 is 0 Å². The summed E-state index contributed by atoms with van der Waals surface area (Å²) in [7, 11) is 0. The second-order valence-electron chi connectivity index (χ2n) is 6.55. The first kappa shape index (κ1) is 16.4. The number of β-amino-alcohol motifs (C(OH)–C–C–N with tert-alkyl or cyclic N) is 1. The van der Waals surface area contributed by atoms with Crippen LogP contribution in [0.1, 0.15) is 40.5 Å². The first-order valence-corrected chi connectivity index (χ1v) is 7.19. The van der Waals surface area contributed by atoms with E-state index in [1.165, 1.54) is 0 Å². The van der Waals surface area contributed by atoms with Crippen molar-refractivity contribution in [2.75, 3.05) is 32.7 Å². The lowest BCUT2D eigenvalue weighted by molar-refractivity contribution is -0.138. The SMILES string of the molecule is CCCC(C)(N)C(=O)N1CCN(CC(C)(C)O)CC1. The Morgan fingerprint density at radius 3 is 2.16 bits per heavy atom. The highest BCUT2D eigenvalue weighted by Gasteiger charge is 2.33. The van der Waals surface area contributed by atoms with Crippen LogP contribution in [-0.2, 0) is 4.79 Å². The molecule has 5 nitrogen and oxygen atoms in total. The summed E-state index contributed by atoms with van der Waals surface area (Å²) in [5.74, 6) is 0.0530. The molecule has 1 rings (SSSR count). The summed E-state index contributed by atoms with van der Waals surface area (Å²) in [4.78, 5) is 16.4. The van der Waals surface area contributed by atoms with Crippen molar-refractivity contribution in [1.82, 2.24) is 9.80 Å². The third-order valence-electron chi connectivity index (χ3n) is 3.53. The van der Waals surface area contributed by atoms with E-state index in [0.717, 1.165) is 25.9 Å². The topological polar surface area (TPSA) is 69.8 Å². The molecule has 0 spiro atoms. The van der Waals surface area contributed by atoms with Crippen molar-refractivity contribution >= 4 is 5.91 Å². The van der Waals surface area contributed by atoms with Gasteiger partial charge in [0.25, 0.3) is 0 Å². The van der Waals surface area contributed by atoms with Crippen molar-refractivity contribution in [2.45, 2.75) is 51.7 Å². The van der Waals surface area contributed by atoms with Gasteiger partial charge in [-0.15, -0.1) is 0 Å². The first-order chi connectivity index (χ1) is 8.65. The molecule has 1 atom stereocenters. The molecule has 0 aliphatic carbocycles. The zero-order valence-electron chi connectivity index (χ0n) is 12.8. The largest absolute Gasteiger partial charge is 0.389 e. The summed E-state index contributed by atoms with van der Waals surface area (Å²) in [6, 6.07) is 0. The van der Waals surface area contributed by atoms with Crippen LogP contribution in [-0.4, -0.2) is 64.7 Å². The Hall–Kier alpha value is -0.650. The molecule has 0 bridgehead atoms. The Morgan fingerprint density at radius 1 is 1.21 bits per heavy atom. The van der Waals surface area contributed by atoms with Gasteiger partial charge in [0.15, 0.2) is 0 Å². The Morgan fingerprint density at radius 2 is 1.74 bits per heavy atom. The second-order valence-corrected chi connectivity index (χ2v) is 6.55. The Kier molecular flexibility index (Phi) is 5.35. The summed E-state index contributed by atoms with van der Waals surface area (Å²) in [5.41, 5.74) is 4.67. The number of nitrogens with zero attached hydrogens (tertiary/aromatic N) is 2. The highest BCUT2D eigenvalue weighted by molar-refractivity contribution is 5.85. The van der Waals surface area contributed by atoms with Crippen LogP contribution in [0.25, 0.3) is 0 Å². The predicted molar refractivity (Wildman–Crippen MR) is 76.8 cm³/mol. The summed E-state index contributed by atoms with van der Waals surface area (Å²) in [6.45, 7) is 11.1. The van der Waals surface area contributed by atoms with Crippen LogP contribution < -0.4 is 5.73 Å². The molecule has 1 saturated heterocycles. The van der Waals surface area contributed by atoms with Gasteiger partial charge in [-0.05, 0) is 27.2 Å². The minimum Gasteiger partial charge on any atom is -0.389 e. The van der Waals surface area contributed by atoms with Crippen LogP contribution in [0.4, 0.5) is 0 Å². The number of rotatable bonds is 5. The molecule has 0 radical (unpaired) electrons. The molecule has 0 aromatic carbocycles. The smallest absolute Gasteiger partial charge is 0.242 e. The Labute approximate surface area is 116 Å². The standard InChI is InChI=1S/C14H29N3O2/c1-5-6-14(4,15)12(18)17-9-7-16(8-10-17)11-13(2,3)19/h19H,5-11,15H2,1-4H3.